The average molecular weight is 300 g/mol. The molecule has 0 bridgehead atoms. The van der Waals surface area contributed by atoms with Gasteiger partial charge in [-0.25, -0.2) is 0 Å². The second-order valence-corrected chi connectivity index (χ2v) is 8.76. The van der Waals surface area contributed by atoms with Crippen molar-refractivity contribution >= 4 is 5.78 Å². The first-order valence-corrected chi connectivity index (χ1v) is 8.97. The Kier molecular flexibility index (Phi) is 3.05. The Labute approximate surface area is 133 Å². The fourth-order valence-electron chi connectivity index (χ4n) is 6.54. The van der Waals surface area contributed by atoms with Crippen LogP contribution in [0, 0.1) is 28.6 Å². The maximum atomic E-state index is 11.9. The molecule has 0 amide bonds. The minimum atomic E-state index is -0.121. The third kappa shape index (κ3) is 1.73. The molecule has 0 aromatic carbocycles. The molecule has 6 atom stereocenters. The van der Waals surface area contributed by atoms with Gasteiger partial charge in [0.2, 0.25) is 0 Å². The van der Waals surface area contributed by atoms with Gasteiger partial charge in [0.1, 0.15) is 0 Å². The van der Waals surface area contributed by atoms with Gasteiger partial charge in [-0.3, -0.25) is 4.79 Å². The maximum absolute atomic E-state index is 11.9. The number of carbonyl (C=O) groups is 1. The highest BCUT2D eigenvalue weighted by Crippen LogP contribution is 2.65. The van der Waals surface area contributed by atoms with Crippen molar-refractivity contribution in [1.82, 2.24) is 0 Å². The lowest BCUT2D eigenvalue weighted by Crippen LogP contribution is -2.51. The topological polar surface area (TPSA) is 37.3 Å². The van der Waals surface area contributed by atoms with Gasteiger partial charge in [-0.15, -0.1) is 0 Å². The van der Waals surface area contributed by atoms with E-state index < -0.39 is 0 Å². The van der Waals surface area contributed by atoms with Crippen molar-refractivity contribution in [3.8, 4) is 0 Å². The van der Waals surface area contributed by atoms with Crippen LogP contribution in [0.1, 0.15) is 58.8 Å². The second-order valence-electron chi connectivity index (χ2n) is 8.76. The van der Waals surface area contributed by atoms with Crippen molar-refractivity contribution < 1.29 is 9.90 Å². The fraction of sp³-hybridized carbons (Fsp3) is 0.750. The van der Waals surface area contributed by atoms with Crippen LogP contribution >= 0.6 is 0 Å². The predicted molar refractivity (Wildman–Crippen MR) is 87.2 cm³/mol. The zero-order chi connectivity index (χ0) is 15.7. The van der Waals surface area contributed by atoms with Gasteiger partial charge < -0.3 is 5.11 Å². The average Bonchev–Trinajstić information content (AvgIpc) is 2.77. The number of carbonyl (C=O) groups excluding carboxylic acids is 1. The van der Waals surface area contributed by atoms with E-state index in [0.29, 0.717) is 24.2 Å². The molecule has 22 heavy (non-hydrogen) atoms. The Hall–Kier alpha value is -0.890. The van der Waals surface area contributed by atoms with Crippen LogP contribution in [-0.4, -0.2) is 17.0 Å². The van der Waals surface area contributed by atoms with Gasteiger partial charge in [0.15, 0.2) is 5.78 Å². The molecule has 3 fully saturated rings. The number of hydrogen-bond donors (Lipinski definition) is 1. The van der Waals surface area contributed by atoms with Crippen molar-refractivity contribution in [1.29, 1.82) is 0 Å². The monoisotopic (exact) mass is 300 g/mol. The standard InChI is InChI=1S/C20H28O2/c1-12-10-14-15-4-5-18(22)20(15,3)9-7-16(14)19(2)8-6-13(21)11-17(12)19/h11,14-16,18,22H,1,4-10H2,2-3H3/t14-,15-,16+,18?,19+,20-/m0/s1. The first-order chi connectivity index (χ1) is 10.4. The molecule has 0 aliphatic heterocycles. The largest absolute Gasteiger partial charge is 0.393 e. The maximum Gasteiger partial charge on any atom is 0.156 e. The van der Waals surface area contributed by atoms with Gasteiger partial charge >= 0.3 is 0 Å². The summed E-state index contributed by atoms with van der Waals surface area (Å²) < 4.78 is 0. The zero-order valence-corrected chi connectivity index (χ0v) is 13.9. The molecule has 0 radical (unpaired) electrons. The molecule has 2 nitrogen and oxygen atoms in total. The minimum Gasteiger partial charge on any atom is -0.393 e. The van der Waals surface area contributed by atoms with Crippen LogP contribution in [0.5, 0.6) is 0 Å². The molecule has 0 saturated heterocycles. The Morgan fingerprint density at radius 1 is 1.18 bits per heavy atom. The molecule has 1 unspecified atom stereocenters. The summed E-state index contributed by atoms with van der Waals surface area (Å²) in [4.78, 5) is 11.9. The first-order valence-electron chi connectivity index (χ1n) is 8.97. The number of ketones is 1. The number of aliphatic hydroxyl groups is 1. The molecular weight excluding hydrogens is 272 g/mol. The van der Waals surface area contributed by atoms with Crippen LogP contribution in [0.4, 0.5) is 0 Å². The van der Waals surface area contributed by atoms with Crippen LogP contribution in [0.2, 0.25) is 0 Å². The molecule has 0 aromatic rings. The summed E-state index contributed by atoms with van der Waals surface area (Å²) in [5.41, 5.74) is 2.71. The fourth-order valence-corrected chi connectivity index (χ4v) is 6.54. The lowest BCUT2D eigenvalue weighted by molar-refractivity contribution is -0.117. The van der Waals surface area contributed by atoms with E-state index >= 15 is 0 Å². The van der Waals surface area contributed by atoms with Gasteiger partial charge in [0.25, 0.3) is 0 Å². The van der Waals surface area contributed by atoms with E-state index in [9.17, 15) is 9.90 Å². The third-order valence-corrected chi connectivity index (χ3v) is 7.88. The van der Waals surface area contributed by atoms with E-state index in [-0.39, 0.29) is 22.7 Å². The quantitative estimate of drug-likeness (QED) is 0.733. The Balaban J connectivity index is 1.75. The summed E-state index contributed by atoms with van der Waals surface area (Å²) in [6.07, 6.45) is 8.98. The molecule has 0 spiro atoms. The summed E-state index contributed by atoms with van der Waals surface area (Å²) in [7, 11) is 0. The van der Waals surface area contributed by atoms with E-state index in [4.69, 9.17) is 0 Å². The third-order valence-electron chi connectivity index (χ3n) is 7.88. The molecule has 2 heteroatoms. The zero-order valence-electron chi connectivity index (χ0n) is 13.9. The normalized spacial score (nSPS) is 51.0. The van der Waals surface area contributed by atoms with Crippen LogP contribution in [0.15, 0.2) is 23.8 Å². The van der Waals surface area contributed by atoms with E-state index in [0.717, 1.165) is 25.7 Å². The van der Waals surface area contributed by atoms with Crippen molar-refractivity contribution in [2.75, 3.05) is 0 Å². The Morgan fingerprint density at radius 2 is 1.95 bits per heavy atom. The smallest absolute Gasteiger partial charge is 0.156 e. The number of allylic oxidation sites excluding steroid dienone is 2. The molecule has 120 valence electrons. The first kappa shape index (κ1) is 14.7. The molecule has 4 aliphatic carbocycles. The summed E-state index contributed by atoms with van der Waals surface area (Å²) >= 11 is 0. The summed E-state index contributed by atoms with van der Waals surface area (Å²) in [6.45, 7) is 9.03. The predicted octanol–water partition coefficient (Wildman–Crippen LogP) is 4.05. The highest BCUT2D eigenvalue weighted by molar-refractivity contribution is 5.92. The van der Waals surface area contributed by atoms with Crippen molar-refractivity contribution in [3.63, 3.8) is 0 Å². The van der Waals surface area contributed by atoms with Crippen molar-refractivity contribution in [3.05, 3.63) is 23.8 Å². The van der Waals surface area contributed by atoms with E-state index in [1.54, 1.807) is 0 Å². The molecule has 4 aliphatic rings. The van der Waals surface area contributed by atoms with Gasteiger partial charge in [0.05, 0.1) is 6.10 Å². The van der Waals surface area contributed by atoms with Crippen LogP contribution < -0.4 is 0 Å². The Bertz CT molecular complexity index is 574. The van der Waals surface area contributed by atoms with Crippen molar-refractivity contribution in [2.45, 2.75) is 64.9 Å². The molecular formula is C20H28O2. The van der Waals surface area contributed by atoms with Crippen LogP contribution in [-0.2, 0) is 4.79 Å². The van der Waals surface area contributed by atoms with Gasteiger partial charge in [-0.1, -0.05) is 26.0 Å². The highest BCUT2D eigenvalue weighted by Gasteiger charge is 2.59. The van der Waals surface area contributed by atoms with E-state index in [1.807, 2.05) is 6.08 Å². The highest BCUT2D eigenvalue weighted by atomic mass is 16.3. The lowest BCUT2D eigenvalue weighted by atomic mass is 9.46. The van der Waals surface area contributed by atoms with Crippen LogP contribution in [0.3, 0.4) is 0 Å². The summed E-state index contributed by atoms with van der Waals surface area (Å²) in [5, 5.41) is 10.5. The molecule has 0 heterocycles. The second kappa shape index (κ2) is 4.56. The molecule has 4 rings (SSSR count). The summed E-state index contributed by atoms with van der Waals surface area (Å²) in [5.74, 6) is 2.23. The molecule has 0 aromatic heterocycles. The molecule has 1 N–H and O–H groups in total. The Morgan fingerprint density at radius 3 is 2.73 bits per heavy atom. The minimum absolute atomic E-state index is 0.115. The lowest BCUT2D eigenvalue weighted by Gasteiger charge is -2.58. The number of hydrogen-bond acceptors (Lipinski definition) is 2. The van der Waals surface area contributed by atoms with Gasteiger partial charge in [-0.2, -0.15) is 0 Å². The molecule has 3 saturated carbocycles. The number of fused-ring (bicyclic) bond motifs is 5. The van der Waals surface area contributed by atoms with Gasteiger partial charge in [-0.05, 0) is 78.8 Å². The number of aliphatic hydroxyl groups excluding tert-OH is 1. The van der Waals surface area contributed by atoms with Crippen molar-refractivity contribution in [2.24, 2.45) is 28.6 Å². The summed E-state index contributed by atoms with van der Waals surface area (Å²) in [6, 6.07) is 0. The SMILES string of the molecule is C=C1C[C@@H]2[C@@H](CC[C@]3(C)C(O)CC[C@@H]23)[C@@]2(C)CCC(=O)C=C12. The van der Waals surface area contributed by atoms with E-state index in [2.05, 4.69) is 20.4 Å². The number of rotatable bonds is 0. The van der Waals surface area contributed by atoms with Crippen LogP contribution in [0.25, 0.3) is 0 Å². The van der Waals surface area contributed by atoms with Gasteiger partial charge in [0, 0.05) is 6.42 Å². The van der Waals surface area contributed by atoms with E-state index in [1.165, 1.54) is 24.0 Å².